The maximum absolute atomic E-state index is 9.68. The monoisotopic (exact) mass is 262 g/mol. The molecule has 1 aliphatic heterocycles. The van der Waals surface area contributed by atoms with Gasteiger partial charge in [-0.25, -0.2) is 0 Å². The van der Waals surface area contributed by atoms with Crippen molar-refractivity contribution in [3.63, 3.8) is 0 Å². The Hall–Kier alpha value is -1.06. The molecule has 0 radical (unpaired) electrons. The summed E-state index contributed by atoms with van der Waals surface area (Å²) in [5.74, 6) is 0. The molecule has 1 aliphatic rings. The summed E-state index contributed by atoms with van der Waals surface area (Å²) in [5.41, 5.74) is 2.56. The van der Waals surface area contributed by atoms with Gasteiger partial charge in [-0.15, -0.1) is 0 Å². The lowest BCUT2D eigenvalue weighted by atomic mass is 10.0. The van der Waals surface area contributed by atoms with E-state index in [9.17, 15) is 5.11 Å². The molecule has 3 heteroatoms. The van der Waals surface area contributed by atoms with Crippen molar-refractivity contribution in [2.75, 3.05) is 31.1 Å². The minimum absolute atomic E-state index is 0.166. The highest BCUT2D eigenvalue weighted by Crippen LogP contribution is 2.27. The van der Waals surface area contributed by atoms with Gasteiger partial charge in [-0.1, -0.05) is 25.1 Å². The van der Waals surface area contributed by atoms with Crippen molar-refractivity contribution >= 4 is 5.69 Å². The number of likely N-dealkylation sites (N-methyl/N-ethyl adjacent to an activating group) is 1. The predicted octanol–water partition coefficient (Wildman–Crippen LogP) is 2.19. The van der Waals surface area contributed by atoms with E-state index in [0.29, 0.717) is 0 Å². The molecule has 1 heterocycles. The highest BCUT2D eigenvalue weighted by molar-refractivity contribution is 5.54. The third-order valence-corrected chi connectivity index (χ3v) is 3.95. The van der Waals surface area contributed by atoms with Gasteiger partial charge in [-0.3, -0.25) is 0 Å². The van der Waals surface area contributed by atoms with E-state index in [1.54, 1.807) is 0 Å². The van der Waals surface area contributed by atoms with Crippen LogP contribution in [0.4, 0.5) is 5.69 Å². The molecule has 0 aromatic heterocycles. The lowest BCUT2D eigenvalue weighted by Gasteiger charge is -2.36. The van der Waals surface area contributed by atoms with Gasteiger partial charge in [0.15, 0.2) is 0 Å². The van der Waals surface area contributed by atoms with Crippen LogP contribution < -0.4 is 10.2 Å². The molecule has 0 fully saturated rings. The SMILES string of the molecule is CCNC(C)(CO)CN1CCCCc2ccccc21. The molecule has 0 saturated carbocycles. The van der Waals surface area contributed by atoms with E-state index in [1.165, 1.54) is 30.5 Å². The fourth-order valence-corrected chi connectivity index (χ4v) is 2.94. The third kappa shape index (κ3) is 3.48. The van der Waals surface area contributed by atoms with E-state index in [-0.39, 0.29) is 12.1 Å². The Morgan fingerprint density at radius 2 is 2.11 bits per heavy atom. The summed E-state index contributed by atoms with van der Waals surface area (Å²) >= 11 is 0. The average molecular weight is 262 g/mol. The van der Waals surface area contributed by atoms with Crippen LogP contribution in [0.1, 0.15) is 32.3 Å². The van der Waals surface area contributed by atoms with Crippen molar-refractivity contribution < 1.29 is 5.11 Å². The van der Waals surface area contributed by atoms with E-state index in [1.807, 2.05) is 0 Å². The quantitative estimate of drug-likeness (QED) is 0.854. The first kappa shape index (κ1) is 14.4. The minimum Gasteiger partial charge on any atom is -0.394 e. The van der Waals surface area contributed by atoms with Crippen LogP contribution >= 0.6 is 0 Å². The summed E-state index contributed by atoms with van der Waals surface area (Å²) in [6.45, 7) is 7.17. The number of aliphatic hydroxyl groups is 1. The first-order valence-electron chi connectivity index (χ1n) is 7.37. The molecule has 0 aliphatic carbocycles. The number of hydrogen-bond acceptors (Lipinski definition) is 3. The minimum atomic E-state index is -0.230. The van der Waals surface area contributed by atoms with E-state index < -0.39 is 0 Å². The molecule has 3 nitrogen and oxygen atoms in total. The van der Waals surface area contributed by atoms with Gasteiger partial charge in [0.05, 0.1) is 12.1 Å². The molecule has 1 aromatic carbocycles. The van der Waals surface area contributed by atoms with Crippen LogP contribution in [0.15, 0.2) is 24.3 Å². The Labute approximate surface area is 116 Å². The summed E-state index contributed by atoms with van der Waals surface area (Å²) < 4.78 is 0. The molecule has 19 heavy (non-hydrogen) atoms. The second kappa shape index (κ2) is 6.40. The highest BCUT2D eigenvalue weighted by Gasteiger charge is 2.27. The van der Waals surface area contributed by atoms with E-state index in [4.69, 9.17) is 0 Å². The van der Waals surface area contributed by atoms with Gasteiger partial charge in [-0.2, -0.15) is 0 Å². The molecule has 0 bridgehead atoms. The number of rotatable bonds is 5. The predicted molar refractivity (Wildman–Crippen MR) is 80.8 cm³/mol. The Morgan fingerprint density at radius 3 is 2.84 bits per heavy atom. The molecule has 2 rings (SSSR count). The Bertz CT molecular complexity index is 407. The number of para-hydroxylation sites is 1. The first-order chi connectivity index (χ1) is 9.18. The molecule has 0 amide bonds. The van der Waals surface area contributed by atoms with Crippen molar-refractivity contribution in [2.24, 2.45) is 0 Å². The van der Waals surface area contributed by atoms with Gasteiger partial charge in [0, 0.05) is 18.8 Å². The summed E-state index contributed by atoms with van der Waals surface area (Å²) in [5, 5.41) is 13.1. The number of anilines is 1. The van der Waals surface area contributed by atoms with Crippen LogP contribution in [0.5, 0.6) is 0 Å². The zero-order chi connectivity index (χ0) is 13.7. The summed E-state index contributed by atoms with van der Waals surface area (Å²) in [7, 11) is 0. The number of fused-ring (bicyclic) bond motifs is 1. The zero-order valence-corrected chi connectivity index (χ0v) is 12.2. The van der Waals surface area contributed by atoms with E-state index in [0.717, 1.165) is 19.6 Å². The van der Waals surface area contributed by atoms with Gasteiger partial charge in [-0.05, 0) is 44.4 Å². The van der Waals surface area contributed by atoms with Gasteiger partial charge in [0.1, 0.15) is 0 Å². The van der Waals surface area contributed by atoms with Crippen molar-refractivity contribution in [1.82, 2.24) is 5.32 Å². The highest BCUT2D eigenvalue weighted by atomic mass is 16.3. The normalized spacial score (nSPS) is 18.6. The van der Waals surface area contributed by atoms with Crippen molar-refractivity contribution in [2.45, 2.75) is 38.6 Å². The maximum Gasteiger partial charge on any atom is 0.0627 e. The fraction of sp³-hybridized carbons (Fsp3) is 0.625. The first-order valence-corrected chi connectivity index (χ1v) is 7.37. The lowest BCUT2D eigenvalue weighted by Crippen LogP contribution is -2.54. The zero-order valence-electron chi connectivity index (χ0n) is 12.2. The Morgan fingerprint density at radius 1 is 1.32 bits per heavy atom. The maximum atomic E-state index is 9.68. The number of benzene rings is 1. The molecule has 0 spiro atoms. The summed E-state index contributed by atoms with van der Waals surface area (Å²) in [4.78, 5) is 2.43. The Balaban J connectivity index is 2.19. The van der Waals surface area contributed by atoms with Crippen LogP contribution in [0.25, 0.3) is 0 Å². The number of nitrogens with one attached hydrogen (secondary N) is 1. The molecular weight excluding hydrogens is 236 g/mol. The second-order valence-corrected chi connectivity index (χ2v) is 5.76. The summed E-state index contributed by atoms with van der Waals surface area (Å²) in [6, 6.07) is 8.68. The topological polar surface area (TPSA) is 35.5 Å². The fourth-order valence-electron chi connectivity index (χ4n) is 2.94. The van der Waals surface area contributed by atoms with Crippen LogP contribution in [0.2, 0.25) is 0 Å². The summed E-state index contributed by atoms with van der Waals surface area (Å²) in [6.07, 6.45) is 3.65. The van der Waals surface area contributed by atoms with Crippen LogP contribution in [0.3, 0.4) is 0 Å². The number of aliphatic hydroxyl groups excluding tert-OH is 1. The van der Waals surface area contributed by atoms with Gasteiger partial charge >= 0.3 is 0 Å². The van der Waals surface area contributed by atoms with E-state index in [2.05, 4.69) is 48.3 Å². The smallest absolute Gasteiger partial charge is 0.0627 e. The van der Waals surface area contributed by atoms with Crippen molar-refractivity contribution in [3.05, 3.63) is 29.8 Å². The molecule has 106 valence electrons. The average Bonchev–Trinajstić information content (AvgIpc) is 2.62. The van der Waals surface area contributed by atoms with Crippen LogP contribution in [-0.4, -0.2) is 36.9 Å². The number of hydrogen-bond donors (Lipinski definition) is 2. The van der Waals surface area contributed by atoms with Crippen molar-refractivity contribution in [3.8, 4) is 0 Å². The van der Waals surface area contributed by atoms with Crippen molar-refractivity contribution in [1.29, 1.82) is 0 Å². The standard InChI is InChI=1S/C16H26N2O/c1-3-17-16(2,13-19)12-18-11-7-6-9-14-8-4-5-10-15(14)18/h4-5,8,10,17,19H,3,6-7,9,11-13H2,1-2H3. The largest absolute Gasteiger partial charge is 0.394 e. The molecule has 0 saturated heterocycles. The van der Waals surface area contributed by atoms with Crippen LogP contribution in [-0.2, 0) is 6.42 Å². The number of aryl methyl sites for hydroxylation is 1. The van der Waals surface area contributed by atoms with Gasteiger partial charge < -0.3 is 15.3 Å². The lowest BCUT2D eigenvalue weighted by molar-refractivity contribution is 0.179. The Kier molecular flexibility index (Phi) is 4.83. The molecule has 1 aromatic rings. The second-order valence-electron chi connectivity index (χ2n) is 5.76. The van der Waals surface area contributed by atoms with Gasteiger partial charge in [0.25, 0.3) is 0 Å². The number of nitrogens with zero attached hydrogens (tertiary/aromatic N) is 1. The van der Waals surface area contributed by atoms with Gasteiger partial charge in [0.2, 0.25) is 0 Å². The molecule has 1 unspecified atom stereocenters. The van der Waals surface area contributed by atoms with Crippen LogP contribution in [0, 0.1) is 0 Å². The molecule has 2 N–H and O–H groups in total. The molecular formula is C16H26N2O. The molecule has 1 atom stereocenters. The third-order valence-electron chi connectivity index (χ3n) is 3.95. The van der Waals surface area contributed by atoms with E-state index >= 15 is 0 Å².